The summed E-state index contributed by atoms with van der Waals surface area (Å²) in [6.07, 6.45) is 8.00. The van der Waals surface area contributed by atoms with E-state index in [1.807, 2.05) is 0 Å². The number of carbonyl (C=O) groups is 1. The lowest BCUT2D eigenvalue weighted by molar-refractivity contribution is -0.132. The Morgan fingerprint density at radius 2 is 2.38 bits per heavy atom. The Bertz CT molecular complexity index is 501. The Morgan fingerprint density at radius 1 is 1.56 bits per heavy atom. The summed E-state index contributed by atoms with van der Waals surface area (Å²) in [7, 11) is 0. The third kappa shape index (κ3) is 1.75. The molecule has 0 aromatic carbocycles. The van der Waals surface area contributed by atoms with E-state index in [1.165, 1.54) is 6.08 Å². The molecule has 0 radical (unpaired) electrons. The van der Waals surface area contributed by atoms with Crippen molar-refractivity contribution in [3.63, 3.8) is 0 Å². The second kappa shape index (κ2) is 4.07. The van der Waals surface area contributed by atoms with Crippen LogP contribution in [0.2, 0.25) is 0 Å². The van der Waals surface area contributed by atoms with Crippen molar-refractivity contribution in [2.45, 2.75) is 12.8 Å². The number of ether oxygens (including phenoxy) is 1. The minimum Gasteiger partial charge on any atom is -0.477 e. The van der Waals surface area contributed by atoms with Gasteiger partial charge in [-0.2, -0.15) is 5.26 Å². The molecule has 0 unspecified atom stereocenters. The summed E-state index contributed by atoms with van der Waals surface area (Å²) in [5.74, 6) is -1.19. The number of fused-ring (bicyclic) bond motifs is 1. The highest BCUT2D eigenvalue weighted by Gasteiger charge is 2.20. The van der Waals surface area contributed by atoms with Gasteiger partial charge < -0.3 is 9.84 Å². The van der Waals surface area contributed by atoms with Gasteiger partial charge in [-0.3, -0.25) is 0 Å². The molecular formula is C12H9NO3. The lowest BCUT2D eigenvalue weighted by Gasteiger charge is -2.05. The van der Waals surface area contributed by atoms with Gasteiger partial charge in [0.1, 0.15) is 11.6 Å². The molecule has 1 aliphatic heterocycles. The molecule has 0 atom stereocenters. The number of hydrogen-bond donors (Lipinski definition) is 1. The lowest BCUT2D eigenvalue weighted by atomic mass is 10.1. The van der Waals surface area contributed by atoms with Gasteiger partial charge in [0.25, 0.3) is 0 Å². The number of nitrogens with zero attached hydrogens (tertiary/aromatic N) is 1. The first-order chi connectivity index (χ1) is 7.72. The van der Waals surface area contributed by atoms with Crippen LogP contribution in [-0.2, 0) is 9.53 Å². The molecule has 0 saturated carbocycles. The molecule has 2 aliphatic rings. The number of carboxylic acids is 1. The van der Waals surface area contributed by atoms with Gasteiger partial charge in [0, 0.05) is 0 Å². The highest BCUT2D eigenvalue weighted by atomic mass is 16.5. The summed E-state index contributed by atoms with van der Waals surface area (Å²) in [4.78, 5) is 10.7. The van der Waals surface area contributed by atoms with Gasteiger partial charge in [-0.25, -0.2) is 4.79 Å². The molecule has 1 heterocycles. The fourth-order valence-corrected chi connectivity index (χ4v) is 1.78. The molecule has 0 fully saturated rings. The maximum Gasteiger partial charge on any atom is 0.346 e. The Hall–Kier alpha value is -2.28. The molecule has 0 amide bonds. The van der Waals surface area contributed by atoms with E-state index in [9.17, 15) is 4.79 Å². The van der Waals surface area contributed by atoms with Crippen LogP contribution in [0.15, 0.2) is 47.0 Å². The molecule has 1 N–H and O–H groups in total. The fraction of sp³-hybridized carbons (Fsp3) is 0.167. The van der Waals surface area contributed by atoms with Gasteiger partial charge in [0.15, 0.2) is 0 Å². The number of hydrogen-bond acceptors (Lipinski definition) is 3. The summed E-state index contributed by atoms with van der Waals surface area (Å²) in [5.41, 5.74) is 2.67. The summed E-state index contributed by atoms with van der Waals surface area (Å²) < 4.78 is 5.03. The lowest BCUT2D eigenvalue weighted by Crippen LogP contribution is -1.98. The number of allylic oxidation sites excluding steroid dienone is 5. The zero-order valence-electron chi connectivity index (χ0n) is 8.43. The van der Waals surface area contributed by atoms with Gasteiger partial charge in [-0.1, -0.05) is 0 Å². The maximum absolute atomic E-state index is 10.7. The van der Waals surface area contributed by atoms with Crippen LogP contribution in [0, 0.1) is 11.3 Å². The fourth-order valence-electron chi connectivity index (χ4n) is 1.78. The molecule has 16 heavy (non-hydrogen) atoms. The topological polar surface area (TPSA) is 70.3 Å². The average molecular weight is 215 g/mol. The van der Waals surface area contributed by atoms with Crippen LogP contribution in [0.4, 0.5) is 0 Å². The van der Waals surface area contributed by atoms with Crippen molar-refractivity contribution in [1.29, 1.82) is 5.26 Å². The van der Waals surface area contributed by atoms with Crippen molar-refractivity contribution in [3.8, 4) is 6.07 Å². The molecule has 4 nitrogen and oxygen atoms in total. The molecule has 0 aromatic heterocycles. The predicted molar refractivity (Wildman–Crippen MR) is 55.9 cm³/mol. The van der Waals surface area contributed by atoms with Crippen LogP contribution in [0.5, 0.6) is 0 Å². The van der Waals surface area contributed by atoms with E-state index < -0.39 is 5.97 Å². The van der Waals surface area contributed by atoms with Gasteiger partial charge in [-0.15, -0.1) is 0 Å². The third-order valence-electron chi connectivity index (χ3n) is 2.55. The normalized spacial score (nSPS) is 18.7. The average Bonchev–Trinajstić information content (AvgIpc) is 2.69. The monoisotopic (exact) mass is 215 g/mol. The molecule has 0 bridgehead atoms. The van der Waals surface area contributed by atoms with Gasteiger partial charge >= 0.3 is 5.97 Å². The minimum atomic E-state index is -1.19. The summed E-state index contributed by atoms with van der Waals surface area (Å²) in [6, 6.07) is 1.68. The first kappa shape index (κ1) is 10.2. The van der Waals surface area contributed by atoms with E-state index in [1.54, 1.807) is 24.7 Å². The molecule has 80 valence electrons. The number of nitriles is 1. The van der Waals surface area contributed by atoms with E-state index in [2.05, 4.69) is 0 Å². The van der Waals surface area contributed by atoms with Crippen molar-refractivity contribution < 1.29 is 14.6 Å². The zero-order valence-corrected chi connectivity index (χ0v) is 8.43. The van der Waals surface area contributed by atoms with Crippen LogP contribution in [-0.4, -0.2) is 11.1 Å². The third-order valence-corrected chi connectivity index (χ3v) is 2.55. The standard InChI is InChI=1S/C12H9NO3/c13-6-10(12(14)15)5-8-1-2-9-7-16-4-3-11(8)9/h3-5,7H,1-2H2,(H,14,15). The van der Waals surface area contributed by atoms with E-state index >= 15 is 0 Å². The SMILES string of the molecule is N#CC(=CC1=C2C=COC=C2CC1)C(=O)O. The van der Waals surface area contributed by atoms with Gasteiger partial charge in [0.2, 0.25) is 0 Å². The quantitative estimate of drug-likeness (QED) is 0.565. The van der Waals surface area contributed by atoms with E-state index in [-0.39, 0.29) is 5.57 Å². The Labute approximate surface area is 92.4 Å². The molecule has 2 rings (SSSR count). The van der Waals surface area contributed by atoms with Gasteiger partial charge in [-0.05, 0) is 41.7 Å². The van der Waals surface area contributed by atoms with Crippen LogP contribution < -0.4 is 0 Å². The number of carboxylic acid groups (broad SMARTS) is 1. The molecule has 0 aromatic rings. The van der Waals surface area contributed by atoms with Crippen molar-refractivity contribution in [3.05, 3.63) is 47.0 Å². The van der Waals surface area contributed by atoms with Crippen LogP contribution >= 0.6 is 0 Å². The van der Waals surface area contributed by atoms with E-state index in [4.69, 9.17) is 15.1 Å². The van der Waals surface area contributed by atoms with Crippen molar-refractivity contribution in [1.82, 2.24) is 0 Å². The second-order valence-electron chi connectivity index (χ2n) is 3.50. The minimum absolute atomic E-state index is 0.233. The molecule has 0 saturated heterocycles. The molecule has 1 aliphatic carbocycles. The van der Waals surface area contributed by atoms with Crippen molar-refractivity contribution in [2.24, 2.45) is 0 Å². The van der Waals surface area contributed by atoms with Crippen molar-refractivity contribution in [2.75, 3.05) is 0 Å². The van der Waals surface area contributed by atoms with E-state index in [0.717, 1.165) is 29.6 Å². The summed E-state index contributed by atoms with van der Waals surface area (Å²) >= 11 is 0. The number of rotatable bonds is 2. The van der Waals surface area contributed by atoms with Crippen LogP contribution in [0.25, 0.3) is 0 Å². The summed E-state index contributed by atoms with van der Waals surface area (Å²) in [5, 5.41) is 17.4. The Morgan fingerprint density at radius 3 is 3.06 bits per heavy atom. The van der Waals surface area contributed by atoms with Crippen LogP contribution in [0.3, 0.4) is 0 Å². The smallest absolute Gasteiger partial charge is 0.346 e. The molecule has 4 heteroatoms. The number of aliphatic carboxylic acids is 1. The second-order valence-corrected chi connectivity index (χ2v) is 3.50. The predicted octanol–water partition coefficient (Wildman–Crippen LogP) is 2.04. The largest absolute Gasteiger partial charge is 0.477 e. The highest BCUT2D eigenvalue weighted by molar-refractivity contribution is 5.91. The highest BCUT2D eigenvalue weighted by Crippen LogP contribution is 2.35. The Balaban J connectivity index is 2.40. The van der Waals surface area contributed by atoms with Gasteiger partial charge in [0.05, 0.1) is 12.5 Å². The first-order valence-corrected chi connectivity index (χ1v) is 4.82. The van der Waals surface area contributed by atoms with Crippen molar-refractivity contribution >= 4 is 5.97 Å². The molecular weight excluding hydrogens is 206 g/mol. The maximum atomic E-state index is 10.7. The van der Waals surface area contributed by atoms with Crippen LogP contribution in [0.1, 0.15) is 12.8 Å². The van der Waals surface area contributed by atoms with E-state index in [0.29, 0.717) is 0 Å². The molecule has 0 spiro atoms. The zero-order chi connectivity index (χ0) is 11.5. The Kier molecular flexibility index (Phi) is 2.61. The first-order valence-electron chi connectivity index (χ1n) is 4.82. The summed E-state index contributed by atoms with van der Waals surface area (Å²) in [6.45, 7) is 0.